The van der Waals surface area contributed by atoms with E-state index in [9.17, 15) is 4.79 Å². The van der Waals surface area contributed by atoms with Crippen molar-refractivity contribution in [3.63, 3.8) is 0 Å². The first kappa shape index (κ1) is 22.3. The number of hydrogen-bond acceptors (Lipinski definition) is 3. The van der Waals surface area contributed by atoms with E-state index in [2.05, 4.69) is 76.6 Å². The molecule has 0 spiro atoms. The van der Waals surface area contributed by atoms with Crippen LogP contribution in [0.15, 0.2) is 59.6 Å². The molecule has 32 heavy (non-hydrogen) atoms. The van der Waals surface area contributed by atoms with Gasteiger partial charge in [0.1, 0.15) is 0 Å². The summed E-state index contributed by atoms with van der Waals surface area (Å²) in [4.78, 5) is 23.6. The maximum atomic E-state index is 11.8. The molecule has 2 heterocycles. The monoisotopic (exact) mass is 433 g/mol. The molecule has 2 aromatic rings. The first-order chi connectivity index (χ1) is 15.7. The second kappa shape index (κ2) is 11.1. The molecular weight excluding hydrogens is 398 g/mol. The van der Waals surface area contributed by atoms with Gasteiger partial charge in [-0.05, 0) is 30.0 Å². The zero-order chi connectivity index (χ0) is 22.2. The van der Waals surface area contributed by atoms with E-state index in [4.69, 9.17) is 4.99 Å². The van der Waals surface area contributed by atoms with E-state index >= 15 is 0 Å². The number of rotatable bonds is 7. The topological polar surface area (TPSA) is 51.2 Å². The first-order valence-corrected chi connectivity index (χ1v) is 11.9. The lowest BCUT2D eigenvalue weighted by atomic mass is 10.1. The molecule has 6 nitrogen and oxygen atoms in total. The summed E-state index contributed by atoms with van der Waals surface area (Å²) < 4.78 is 0. The largest absolute Gasteiger partial charge is 0.357 e. The summed E-state index contributed by atoms with van der Waals surface area (Å²) in [6, 6.07) is 19.2. The van der Waals surface area contributed by atoms with E-state index in [1.165, 1.54) is 16.7 Å². The summed E-state index contributed by atoms with van der Waals surface area (Å²) in [5.41, 5.74) is 3.76. The molecule has 2 fully saturated rings. The van der Waals surface area contributed by atoms with Crippen LogP contribution in [0, 0.1) is 0 Å². The second-order valence-corrected chi connectivity index (χ2v) is 8.65. The first-order valence-electron chi connectivity index (χ1n) is 11.9. The fourth-order valence-electron chi connectivity index (χ4n) is 4.39. The minimum Gasteiger partial charge on any atom is -0.357 e. The van der Waals surface area contributed by atoms with Gasteiger partial charge in [-0.1, -0.05) is 54.6 Å². The Hall–Kier alpha value is -2.86. The zero-order valence-electron chi connectivity index (χ0n) is 19.2. The molecule has 0 radical (unpaired) electrons. The molecule has 1 N–H and O–H groups in total. The van der Waals surface area contributed by atoms with Crippen molar-refractivity contribution in [3.05, 3.63) is 71.3 Å². The Bertz CT molecular complexity index is 888. The third-order valence-corrected chi connectivity index (χ3v) is 6.23. The van der Waals surface area contributed by atoms with E-state index in [1.54, 1.807) is 0 Å². The minimum atomic E-state index is 0.276. The molecule has 6 heteroatoms. The number of nitrogens with zero attached hydrogens (tertiary/aromatic N) is 4. The van der Waals surface area contributed by atoms with Crippen molar-refractivity contribution < 1.29 is 4.79 Å². The summed E-state index contributed by atoms with van der Waals surface area (Å²) >= 11 is 0. The summed E-state index contributed by atoms with van der Waals surface area (Å²) in [5.74, 6) is 1.27. The number of carbonyl (C=O) groups excluding carboxylic acids is 1. The number of benzene rings is 2. The van der Waals surface area contributed by atoms with E-state index in [0.29, 0.717) is 13.0 Å². The van der Waals surface area contributed by atoms with Crippen LogP contribution in [-0.2, 0) is 24.4 Å². The molecule has 0 saturated carbocycles. The van der Waals surface area contributed by atoms with Crippen molar-refractivity contribution in [2.75, 3.05) is 39.3 Å². The Morgan fingerprint density at radius 1 is 0.875 bits per heavy atom. The Morgan fingerprint density at radius 2 is 1.56 bits per heavy atom. The number of aliphatic imine (C=N–C) groups is 1. The normalized spacial score (nSPS) is 17.8. The summed E-state index contributed by atoms with van der Waals surface area (Å²) in [6.45, 7) is 10.3. The predicted octanol–water partition coefficient (Wildman–Crippen LogP) is 3.09. The number of carbonyl (C=O) groups is 1. The Balaban J connectivity index is 1.29. The van der Waals surface area contributed by atoms with Crippen molar-refractivity contribution in [1.82, 2.24) is 20.0 Å². The smallest absolute Gasteiger partial charge is 0.222 e. The Morgan fingerprint density at radius 3 is 2.22 bits per heavy atom. The van der Waals surface area contributed by atoms with Crippen molar-refractivity contribution >= 4 is 11.9 Å². The standard InChI is InChI=1S/C26H35N5O/c1-2-27-26(30-17-15-29(16-18-30)20-23-7-4-3-5-8-23)28-19-22-10-12-24(13-11-22)21-31-14-6-9-25(31)32/h3-5,7-8,10-13H,2,6,9,14-21H2,1H3,(H,27,28). The Labute approximate surface area is 191 Å². The second-order valence-electron chi connectivity index (χ2n) is 8.65. The molecule has 0 aliphatic carbocycles. The number of nitrogens with one attached hydrogen (secondary N) is 1. The molecule has 1 amide bonds. The summed E-state index contributed by atoms with van der Waals surface area (Å²) in [5, 5.41) is 3.46. The van der Waals surface area contributed by atoms with E-state index in [0.717, 1.165) is 64.7 Å². The highest BCUT2D eigenvalue weighted by Crippen LogP contribution is 2.15. The van der Waals surface area contributed by atoms with Crippen LogP contribution in [0.2, 0.25) is 0 Å². The predicted molar refractivity (Wildman–Crippen MR) is 129 cm³/mol. The van der Waals surface area contributed by atoms with E-state index < -0.39 is 0 Å². The maximum Gasteiger partial charge on any atom is 0.222 e. The van der Waals surface area contributed by atoms with E-state index in [-0.39, 0.29) is 5.91 Å². The number of hydrogen-bond donors (Lipinski definition) is 1. The van der Waals surface area contributed by atoms with Gasteiger partial charge in [0.15, 0.2) is 5.96 Å². The number of likely N-dealkylation sites (tertiary alicyclic amines) is 1. The molecule has 2 aromatic carbocycles. The molecule has 170 valence electrons. The van der Waals surface area contributed by atoms with Gasteiger partial charge in [-0.25, -0.2) is 4.99 Å². The van der Waals surface area contributed by atoms with Crippen molar-refractivity contribution in [2.24, 2.45) is 4.99 Å². The third-order valence-electron chi connectivity index (χ3n) is 6.23. The molecule has 4 rings (SSSR count). The molecule has 0 atom stereocenters. The SMILES string of the molecule is CCNC(=NCc1ccc(CN2CCCC2=O)cc1)N1CCN(Cc2ccccc2)CC1. The van der Waals surface area contributed by atoms with Gasteiger partial charge in [-0.3, -0.25) is 9.69 Å². The maximum absolute atomic E-state index is 11.8. The van der Waals surface area contributed by atoms with Gasteiger partial charge in [0.05, 0.1) is 6.54 Å². The van der Waals surface area contributed by atoms with Crippen LogP contribution >= 0.6 is 0 Å². The summed E-state index contributed by atoms with van der Waals surface area (Å²) in [7, 11) is 0. The van der Waals surface area contributed by atoms with E-state index in [1.807, 2.05) is 4.90 Å². The van der Waals surface area contributed by atoms with Gasteiger partial charge in [-0.2, -0.15) is 0 Å². The average molecular weight is 434 g/mol. The van der Waals surface area contributed by atoms with Crippen molar-refractivity contribution in [2.45, 2.75) is 39.4 Å². The number of amides is 1. The minimum absolute atomic E-state index is 0.276. The van der Waals surface area contributed by atoms with Crippen LogP contribution in [0.1, 0.15) is 36.5 Å². The number of piperazine rings is 1. The third kappa shape index (κ3) is 6.10. The van der Waals surface area contributed by atoms with Gasteiger partial charge in [0.2, 0.25) is 5.91 Å². The summed E-state index contributed by atoms with van der Waals surface area (Å²) in [6.07, 6.45) is 1.68. The highest BCUT2D eigenvalue weighted by Gasteiger charge is 2.21. The molecule has 0 aromatic heterocycles. The quantitative estimate of drug-likeness (QED) is 0.539. The van der Waals surface area contributed by atoms with Crippen LogP contribution in [0.25, 0.3) is 0 Å². The van der Waals surface area contributed by atoms with Gasteiger partial charge in [0.25, 0.3) is 0 Å². The van der Waals surface area contributed by atoms with Crippen LogP contribution < -0.4 is 5.32 Å². The van der Waals surface area contributed by atoms with Crippen LogP contribution in [0.3, 0.4) is 0 Å². The average Bonchev–Trinajstić information content (AvgIpc) is 3.23. The van der Waals surface area contributed by atoms with Crippen LogP contribution in [0.4, 0.5) is 0 Å². The lowest BCUT2D eigenvalue weighted by Gasteiger charge is -2.36. The molecule has 2 saturated heterocycles. The molecule has 0 unspecified atom stereocenters. The number of guanidine groups is 1. The zero-order valence-corrected chi connectivity index (χ0v) is 19.2. The van der Waals surface area contributed by atoms with Crippen molar-refractivity contribution in [3.8, 4) is 0 Å². The molecule has 2 aliphatic heterocycles. The molecular formula is C26H35N5O. The highest BCUT2D eigenvalue weighted by atomic mass is 16.2. The van der Waals surface area contributed by atoms with Crippen LogP contribution in [-0.4, -0.2) is 65.8 Å². The van der Waals surface area contributed by atoms with Gasteiger partial charge < -0.3 is 15.1 Å². The van der Waals surface area contributed by atoms with Gasteiger partial charge >= 0.3 is 0 Å². The van der Waals surface area contributed by atoms with Crippen LogP contribution in [0.5, 0.6) is 0 Å². The van der Waals surface area contributed by atoms with Gasteiger partial charge in [-0.15, -0.1) is 0 Å². The lowest BCUT2D eigenvalue weighted by molar-refractivity contribution is -0.128. The fraction of sp³-hybridized carbons (Fsp3) is 0.462. The fourth-order valence-corrected chi connectivity index (χ4v) is 4.39. The molecule has 2 aliphatic rings. The molecule has 0 bridgehead atoms. The van der Waals surface area contributed by atoms with Gasteiger partial charge in [0, 0.05) is 58.8 Å². The lowest BCUT2D eigenvalue weighted by Crippen LogP contribution is -2.52. The highest BCUT2D eigenvalue weighted by molar-refractivity contribution is 5.80. The van der Waals surface area contributed by atoms with Crippen molar-refractivity contribution in [1.29, 1.82) is 0 Å². The Kier molecular flexibility index (Phi) is 7.77.